The Labute approximate surface area is 60.7 Å². The molecule has 1 nitrogen and oxygen atoms in total. The van der Waals surface area contributed by atoms with Crippen molar-refractivity contribution in [2.75, 3.05) is 0 Å². The number of rotatable bonds is 3. The van der Waals surface area contributed by atoms with E-state index in [9.17, 15) is 0 Å². The fourth-order valence-corrected chi connectivity index (χ4v) is 1.28. The van der Waals surface area contributed by atoms with E-state index in [1.807, 2.05) is 0 Å². The van der Waals surface area contributed by atoms with Gasteiger partial charge in [0.25, 0.3) is 0 Å². The summed E-state index contributed by atoms with van der Waals surface area (Å²) in [5.41, 5.74) is 0.0878. The molecule has 0 fully saturated rings. The molecule has 0 saturated heterocycles. The normalized spacial score (nSPS) is 12.0. The number of hydrogen-bond acceptors (Lipinski definition) is 1. The van der Waals surface area contributed by atoms with Crippen LogP contribution in [0.5, 0.6) is 0 Å². The molecule has 9 heavy (non-hydrogen) atoms. The zero-order valence-corrected chi connectivity index (χ0v) is 8.05. The van der Waals surface area contributed by atoms with Crippen LogP contribution < -0.4 is 0 Å². The lowest BCUT2D eigenvalue weighted by Crippen LogP contribution is -2.21. The summed E-state index contributed by atoms with van der Waals surface area (Å²) in [5.74, 6) is 0. The summed E-state index contributed by atoms with van der Waals surface area (Å²) >= 11 is 0. The van der Waals surface area contributed by atoms with E-state index in [0.29, 0.717) is 0 Å². The van der Waals surface area contributed by atoms with Gasteiger partial charge >= 0.3 is 0 Å². The molecule has 0 aliphatic carbocycles. The van der Waals surface area contributed by atoms with E-state index in [2.05, 4.69) is 27.7 Å². The van der Waals surface area contributed by atoms with Crippen LogP contribution in [0.1, 0.15) is 34.1 Å². The maximum absolute atomic E-state index is 5.55. The first kappa shape index (κ1) is 9.18. The van der Waals surface area contributed by atoms with Gasteiger partial charge in [0.05, 0.1) is 0 Å². The molecule has 0 N–H and O–H groups in total. The zero-order chi connectivity index (χ0) is 7.33. The molecule has 0 unspecified atom stereocenters. The van der Waals surface area contributed by atoms with Gasteiger partial charge < -0.3 is 4.43 Å². The van der Waals surface area contributed by atoms with Gasteiger partial charge in [-0.1, -0.05) is 13.3 Å². The second kappa shape index (κ2) is 4.07. The molecule has 0 heterocycles. The molecular weight excluding hydrogens is 128 g/mol. The highest BCUT2D eigenvalue weighted by atomic mass is 28.2. The minimum atomic E-state index is 0.0878. The summed E-state index contributed by atoms with van der Waals surface area (Å²) in [7, 11) is 0.245. The van der Waals surface area contributed by atoms with Gasteiger partial charge in [0.2, 0.25) is 0 Å². The first-order valence-electron chi connectivity index (χ1n) is 3.56. The third kappa shape index (κ3) is 8.18. The fraction of sp³-hybridized carbons (Fsp3) is 1.00. The molecule has 0 atom stereocenters. The van der Waals surface area contributed by atoms with E-state index in [4.69, 9.17) is 4.43 Å². The maximum Gasteiger partial charge on any atom is 0.193 e. The molecule has 0 aromatic rings. The predicted molar refractivity (Wildman–Crippen MR) is 43.1 cm³/mol. The van der Waals surface area contributed by atoms with Gasteiger partial charge in [-0.2, -0.15) is 0 Å². The van der Waals surface area contributed by atoms with Gasteiger partial charge in [0.1, 0.15) is 0 Å². The molecule has 0 rings (SSSR count). The van der Waals surface area contributed by atoms with Gasteiger partial charge in [0.15, 0.2) is 9.76 Å². The van der Waals surface area contributed by atoms with Crippen LogP contribution in [0.25, 0.3) is 0 Å². The van der Waals surface area contributed by atoms with E-state index >= 15 is 0 Å². The van der Waals surface area contributed by atoms with Crippen LogP contribution in [0.3, 0.4) is 0 Å². The van der Waals surface area contributed by atoms with Crippen molar-refractivity contribution in [1.29, 1.82) is 0 Å². The zero-order valence-electron chi connectivity index (χ0n) is 6.90. The predicted octanol–water partition coefficient (Wildman–Crippen LogP) is 1.98. The molecule has 55 valence electrons. The Bertz CT molecular complexity index is 65.8. The smallest absolute Gasteiger partial charge is 0.193 e. The first-order valence-corrected chi connectivity index (χ1v) is 4.84. The SMILES string of the molecule is CCC[SiH]OC(C)(C)C. The van der Waals surface area contributed by atoms with E-state index in [1.165, 1.54) is 12.5 Å². The largest absolute Gasteiger partial charge is 0.416 e. The molecule has 0 aromatic carbocycles. The molecule has 0 aliphatic heterocycles. The van der Waals surface area contributed by atoms with Crippen molar-refractivity contribution in [1.82, 2.24) is 0 Å². The molecule has 0 bridgehead atoms. The number of hydrogen-bond donors (Lipinski definition) is 0. The first-order chi connectivity index (χ1) is 4.06. The average molecular weight is 145 g/mol. The molecular formula is C7H17OSi. The Morgan fingerprint density at radius 2 is 1.89 bits per heavy atom. The summed E-state index contributed by atoms with van der Waals surface area (Å²) in [6.07, 6.45) is 1.26. The van der Waals surface area contributed by atoms with Crippen molar-refractivity contribution < 1.29 is 4.43 Å². The fourth-order valence-electron chi connectivity index (χ4n) is 0.427. The molecule has 0 aromatic heterocycles. The summed E-state index contributed by atoms with van der Waals surface area (Å²) in [4.78, 5) is 0. The molecule has 1 radical (unpaired) electrons. The lowest BCUT2D eigenvalue weighted by Gasteiger charge is -2.19. The lowest BCUT2D eigenvalue weighted by atomic mass is 10.2. The lowest BCUT2D eigenvalue weighted by molar-refractivity contribution is 0.138. The van der Waals surface area contributed by atoms with Gasteiger partial charge in [-0.15, -0.1) is 0 Å². The standard InChI is InChI=1S/C7H17OSi/c1-5-6-9-8-7(2,3)4/h9H,5-6H2,1-4H3. The van der Waals surface area contributed by atoms with Crippen molar-refractivity contribution in [2.24, 2.45) is 0 Å². The van der Waals surface area contributed by atoms with Crippen molar-refractivity contribution in [3.63, 3.8) is 0 Å². The molecule has 0 amide bonds. The van der Waals surface area contributed by atoms with Gasteiger partial charge in [-0.05, 0) is 26.8 Å². The van der Waals surface area contributed by atoms with Crippen LogP contribution >= 0.6 is 0 Å². The molecule has 0 spiro atoms. The molecule has 0 aliphatic rings. The Hall–Kier alpha value is 0.177. The minimum absolute atomic E-state index is 0.0878. The maximum atomic E-state index is 5.55. The highest BCUT2D eigenvalue weighted by molar-refractivity contribution is 6.27. The Kier molecular flexibility index (Phi) is 4.15. The van der Waals surface area contributed by atoms with Crippen molar-refractivity contribution >= 4 is 9.76 Å². The minimum Gasteiger partial charge on any atom is -0.416 e. The molecule has 2 heteroatoms. The average Bonchev–Trinajstić information content (AvgIpc) is 1.63. The van der Waals surface area contributed by atoms with Crippen LogP contribution in [-0.4, -0.2) is 15.4 Å². The van der Waals surface area contributed by atoms with Crippen LogP contribution in [0.15, 0.2) is 0 Å². The Morgan fingerprint density at radius 1 is 1.33 bits per heavy atom. The van der Waals surface area contributed by atoms with Crippen LogP contribution in [0, 0.1) is 0 Å². The Morgan fingerprint density at radius 3 is 2.22 bits per heavy atom. The van der Waals surface area contributed by atoms with E-state index in [-0.39, 0.29) is 15.4 Å². The Balaban J connectivity index is 3.07. The van der Waals surface area contributed by atoms with Crippen molar-refractivity contribution in [3.05, 3.63) is 0 Å². The van der Waals surface area contributed by atoms with Gasteiger partial charge in [-0.25, -0.2) is 0 Å². The summed E-state index contributed by atoms with van der Waals surface area (Å²) in [6.45, 7) is 8.51. The van der Waals surface area contributed by atoms with Crippen LogP contribution in [-0.2, 0) is 4.43 Å². The van der Waals surface area contributed by atoms with Crippen molar-refractivity contribution in [3.8, 4) is 0 Å². The van der Waals surface area contributed by atoms with E-state index in [1.54, 1.807) is 0 Å². The topological polar surface area (TPSA) is 9.23 Å². The summed E-state index contributed by atoms with van der Waals surface area (Å²) in [6, 6.07) is 1.26. The highest BCUT2D eigenvalue weighted by Crippen LogP contribution is 2.05. The summed E-state index contributed by atoms with van der Waals surface area (Å²) in [5, 5.41) is 0. The quantitative estimate of drug-likeness (QED) is 0.436. The second-order valence-corrected chi connectivity index (χ2v) is 4.33. The van der Waals surface area contributed by atoms with E-state index in [0.717, 1.165) is 0 Å². The van der Waals surface area contributed by atoms with Gasteiger partial charge in [0, 0.05) is 5.60 Å². The van der Waals surface area contributed by atoms with Crippen LogP contribution in [0.2, 0.25) is 6.04 Å². The van der Waals surface area contributed by atoms with E-state index < -0.39 is 0 Å². The monoisotopic (exact) mass is 145 g/mol. The third-order valence-electron chi connectivity index (χ3n) is 0.843. The highest BCUT2D eigenvalue weighted by Gasteiger charge is 2.08. The van der Waals surface area contributed by atoms with Gasteiger partial charge in [-0.3, -0.25) is 0 Å². The summed E-state index contributed by atoms with van der Waals surface area (Å²) < 4.78 is 5.55. The van der Waals surface area contributed by atoms with Crippen LogP contribution in [0.4, 0.5) is 0 Å². The van der Waals surface area contributed by atoms with Crippen molar-refractivity contribution in [2.45, 2.75) is 45.8 Å². The second-order valence-electron chi connectivity index (χ2n) is 3.19. The molecule has 0 saturated carbocycles. The third-order valence-corrected chi connectivity index (χ3v) is 2.53.